The van der Waals surface area contributed by atoms with Gasteiger partial charge in [-0.2, -0.15) is 0 Å². The average molecular weight is 331 g/mol. The maximum atomic E-state index is 12.5. The van der Waals surface area contributed by atoms with Crippen molar-refractivity contribution in [3.63, 3.8) is 0 Å². The van der Waals surface area contributed by atoms with Gasteiger partial charge >= 0.3 is 0 Å². The van der Waals surface area contributed by atoms with Crippen LogP contribution in [-0.4, -0.2) is 48.9 Å². The van der Waals surface area contributed by atoms with Crippen LogP contribution < -0.4 is 10.6 Å². The lowest BCUT2D eigenvalue weighted by molar-refractivity contribution is -0.135. The molecule has 0 radical (unpaired) electrons. The lowest BCUT2D eigenvalue weighted by Gasteiger charge is -2.32. The van der Waals surface area contributed by atoms with Gasteiger partial charge < -0.3 is 15.5 Å². The first-order valence-electron chi connectivity index (χ1n) is 8.93. The normalized spacial score (nSPS) is 18.9. The molecule has 2 rings (SSSR count). The van der Waals surface area contributed by atoms with Gasteiger partial charge in [0.1, 0.15) is 0 Å². The highest BCUT2D eigenvalue weighted by Gasteiger charge is 2.28. The topological polar surface area (TPSA) is 61.4 Å². The van der Waals surface area contributed by atoms with Crippen molar-refractivity contribution in [3.8, 4) is 0 Å². The summed E-state index contributed by atoms with van der Waals surface area (Å²) < 4.78 is 0. The van der Waals surface area contributed by atoms with Crippen molar-refractivity contribution in [1.29, 1.82) is 0 Å². The lowest BCUT2D eigenvalue weighted by atomic mass is 9.96. The van der Waals surface area contributed by atoms with Crippen LogP contribution in [0.4, 0.5) is 0 Å². The van der Waals surface area contributed by atoms with Crippen molar-refractivity contribution in [2.75, 3.05) is 26.2 Å². The van der Waals surface area contributed by atoms with Gasteiger partial charge in [-0.1, -0.05) is 37.3 Å². The molecule has 24 heavy (non-hydrogen) atoms. The third-order valence-electron chi connectivity index (χ3n) is 4.48. The van der Waals surface area contributed by atoms with Crippen molar-refractivity contribution in [2.24, 2.45) is 5.92 Å². The quantitative estimate of drug-likeness (QED) is 0.797. The predicted molar refractivity (Wildman–Crippen MR) is 95.6 cm³/mol. The number of benzene rings is 1. The number of rotatable bonds is 7. The highest BCUT2D eigenvalue weighted by molar-refractivity contribution is 5.82. The number of hydrogen-bond acceptors (Lipinski definition) is 3. The highest BCUT2D eigenvalue weighted by atomic mass is 16.2. The monoisotopic (exact) mass is 331 g/mol. The van der Waals surface area contributed by atoms with Gasteiger partial charge in [0.25, 0.3) is 0 Å². The van der Waals surface area contributed by atoms with E-state index in [9.17, 15) is 9.59 Å². The Morgan fingerprint density at radius 3 is 2.75 bits per heavy atom. The van der Waals surface area contributed by atoms with Crippen LogP contribution in [0.25, 0.3) is 0 Å². The molecule has 1 aliphatic rings. The second-order valence-electron chi connectivity index (χ2n) is 6.55. The molecule has 1 aromatic rings. The third-order valence-corrected chi connectivity index (χ3v) is 4.48. The molecular formula is C19H29N3O2. The van der Waals surface area contributed by atoms with Crippen LogP contribution in [0.15, 0.2) is 30.3 Å². The van der Waals surface area contributed by atoms with E-state index >= 15 is 0 Å². The zero-order valence-electron chi connectivity index (χ0n) is 14.8. The van der Waals surface area contributed by atoms with Gasteiger partial charge in [0.2, 0.25) is 11.8 Å². The van der Waals surface area contributed by atoms with E-state index < -0.39 is 0 Å². The Morgan fingerprint density at radius 1 is 1.29 bits per heavy atom. The summed E-state index contributed by atoms with van der Waals surface area (Å²) in [5, 5.41) is 6.29. The predicted octanol–water partition coefficient (Wildman–Crippen LogP) is 1.58. The van der Waals surface area contributed by atoms with Gasteiger partial charge in [0.05, 0.1) is 12.3 Å². The highest BCUT2D eigenvalue weighted by Crippen LogP contribution is 2.18. The second kappa shape index (κ2) is 9.42. The Labute approximate surface area is 144 Å². The molecule has 2 atom stereocenters. The van der Waals surface area contributed by atoms with Crippen LogP contribution in [0.1, 0.15) is 32.3 Å². The Balaban J connectivity index is 1.82. The number of hydrogen-bond donors (Lipinski definition) is 2. The number of nitrogens with zero attached hydrogens (tertiary/aromatic N) is 1. The summed E-state index contributed by atoms with van der Waals surface area (Å²) in [6.07, 6.45) is 2.16. The van der Waals surface area contributed by atoms with Crippen LogP contribution in [0, 0.1) is 5.92 Å². The molecule has 1 aromatic carbocycles. The largest absolute Gasteiger partial charge is 0.354 e. The molecule has 1 heterocycles. The average Bonchev–Trinajstić information content (AvgIpc) is 2.61. The zero-order valence-corrected chi connectivity index (χ0v) is 14.8. The molecule has 0 bridgehead atoms. The fraction of sp³-hybridized carbons (Fsp3) is 0.579. The number of carbonyl (C=O) groups excluding carboxylic acids is 2. The molecule has 1 fully saturated rings. The number of likely N-dealkylation sites (N-methyl/N-ethyl adjacent to an activating group) is 1. The maximum Gasteiger partial charge on any atom is 0.227 e. The molecular weight excluding hydrogens is 302 g/mol. The SMILES string of the molecule is CCN[C@H](C)CNC(=O)C1CCCN(C(=O)Cc2ccccc2)C1. The molecule has 0 aliphatic carbocycles. The Hall–Kier alpha value is -1.88. The molecule has 0 saturated carbocycles. The van der Waals surface area contributed by atoms with Gasteiger partial charge in [-0.15, -0.1) is 0 Å². The first-order valence-corrected chi connectivity index (χ1v) is 8.93. The maximum absolute atomic E-state index is 12.5. The number of amides is 2. The van der Waals surface area contributed by atoms with Crippen LogP contribution >= 0.6 is 0 Å². The molecule has 5 nitrogen and oxygen atoms in total. The summed E-state index contributed by atoms with van der Waals surface area (Å²) >= 11 is 0. The molecule has 2 amide bonds. The summed E-state index contributed by atoms with van der Waals surface area (Å²) in [4.78, 5) is 26.7. The molecule has 5 heteroatoms. The first-order chi connectivity index (χ1) is 11.6. The van der Waals surface area contributed by atoms with E-state index in [0.717, 1.165) is 31.5 Å². The molecule has 132 valence electrons. The van der Waals surface area contributed by atoms with Crippen molar-refractivity contribution >= 4 is 11.8 Å². The van der Waals surface area contributed by atoms with Crippen molar-refractivity contribution < 1.29 is 9.59 Å². The van der Waals surface area contributed by atoms with E-state index in [1.165, 1.54) is 0 Å². The lowest BCUT2D eigenvalue weighted by Crippen LogP contribution is -2.48. The van der Waals surface area contributed by atoms with Crippen LogP contribution in [0.3, 0.4) is 0 Å². The Morgan fingerprint density at radius 2 is 2.04 bits per heavy atom. The fourth-order valence-corrected chi connectivity index (χ4v) is 3.12. The first kappa shape index (κ1) is 18.5. The minimum atomic E-state index is -0.0905. The van der Waals surface area contributed by atoms with Crippen LogP contribution in [0.2, 0.25) is 0 Å². The smallest absolute Gasteiger partial charge is 0.227 e. The van der Waals surface area contributed by atoms with E-state index in [0.29, 0.717) is 19.5 Å². The van der Waals surface area contributed by atoms with Gasteiger partial charge in [-0.3, -0.25) is 9.59 Å². The Kier molecular flexibility index (Phi) is 7.25. The van der Waals surface area contributed by atoms with E-state index in [-0.39, 0.29) is 23.8 Å². The minimum Gasteiger partial charge on any atom is -0.354 e. The van der Waals surface area contributed by atoms with Crippen molar-refractivity contribution in [1.82, 2.24) is 15.5 Å². The second-order valence-corrected chi connectivity index (χ2v) is 6.55. The number of likely N-dealkylation sites (tertiary alicyclic amines) is 1. The van der Waals surface area contributed by atoms with E-state index in [1.54, 1.807) is 0 Å². The summed E-state index contributed by atoms with van der Waals surface area (Å²) in [5.41, 5.74) is 1.02. The molecule has 2 N–H and O–H groups in total. The van der Waals surface area contributed by atoms with Gasteiger partial charge in [-0.05, 0) is 31.9 Å². The van der Waals surface area contributed by atoms with Gasteiger partial charge in [0, 0.05) is 25.7 Å². The number of carbonyl (C=O) groups is 2. The van der Waals surface area contributed by atoms with E-state index in [1.807, 2.05) is 35.2 Å². The summed E-state index contributed by atoms with van der Waals surface area (Å²) in [7, 11) is 0. The van der Waals surface area contributed by atoms with Crippen LogP contribution in [0.5, 0.6) is 0 Å². The van der Waals surface area contributed by atoms with Crippen LogP contribution in [-0.2, 0) is 16.0 Å². The van der Waals surface area contributed by atoms with Crippen molar-refractivity contribution in [3.05, 3.63) is 35.9 Å². The summed E-state index contributed by atoms with van der Waals surface area (Å²) in [5.74, 6) is 0.0870. The third kappa shape index (κ3) is 5.64. The van der Waals surface area contributed by atoms with Crippen molar-refractivity contribution in [2.45, 2.75) is 39.2 Å². The number of piperidine rings is 1. The fourth-order valence-electron chi connectivity index (χ4n) is 3.12. The van der Waals surface area contributed by atoms with E-state index in [4.69, 9.17) is 0 Å². The zero-order chi connectivity index (χ0) is 17.4. The molecule has 0 spiro atoms. The molecule has 1 unspecified atom stereocenters. The summed E-state index contributed by atoms with van der Waals surface area (Å²) in [6, 6.07) is 10.0. The standard InChI is InChI=1S/C19H29N3O2/c1-3-20-15(2)13-21-19(24)17-10-7-11-22(14-17)18(23)12-16-8-5-4-6-9-16/h4-6,8-9,15,17,20H,3,7,10-14H2,1-2H3,(H,21,24)/t15-,17?/m1/s1. The minimum absolute atomic E-state index is 0.0666. The molecule has 1 aliphatic heterocycles. The van der Waals surface area contributed by atoms with Gasteiger partial charge in [-0.25, -0.2) is 0 Å². The van der Waals surface area contributed by atoms with Gasteiger partial charge in [0.15, 0.2) is 0 Å². The molecule has 1 saturated heterocycles. The number of nitrogens with one attached hydrogen (secondary N) is 2. The molecule has 0 aromatic heterocycles. The summed E-state index contributed by atoms with van der Waals surface area (Å²) in [6.45, 7) is 6.91. The Bertz CT molecular complexity index is 533. The van der Waals surface area contributed by atoms with E-state index in [2.05, 4.69) is 24.5 Å².